The summed E-state index contributed by atoms with van der Waals surface area (Å²) in [6.07, 6.45) is -4.50. The van der Waals surface area contributed by atoms with Gasteiger partial charge in [0.15, 0.2) is 0 Å². The molecule has 7 heteroatoms. The molecule has 1 saturated heterocycles. The second-order valence-electron chi connectivity index (χ2n) is 6.98. The molecule has 0 aromatic heterocycles. The number of alkyl halides is 3. The second-order valence-corrected chi connectivity index (χ2v) is 6.98. The van der Waals surface area contributed by atoms with Crippen molar-refractivity contribution in [3.63, 3.8) is 0 Å². The predicted octanol–water partition coefficient (Wildman–Crippen LogP) is 2.93. The zero-order valence-electron chi connectivity index (χ0n) is 14.0. The second kappa shape index (κ2) is 5.79. The van der Waals surface area contributed by atoms with Crippen LogP contribution in [0.3, 0.4) is 0 Å². The summed E-state index contributed by atoms with van der Waals surface area (Å²) in [7, 11) is -0.729. The SMILES string of the molecule is Cc1ccc(C(CO)C(F)(F)F)cc1B1OC(C)(C)C(C)(C)O1. The van der Waals surface area contributed by atoms with Gasteiger partial charge in [-0.2, -0.15) is 13.2 Å². The minimum Gasteiger partial charge on any atom is -0.399 e. The maximum absolute atomic E-state index is 13.0. The van der Waals surface area contributed by atoms with Crippen LogP contribution in [-0.4, -0.2) is 36.2 Å². The van der Waals surface area contributed by atoms with Crippen LogP contribution in [0, 0.1) is 6.92 Å². The Hall–Kier alpha value is -1.05. The summed E-state index contributed by atoms with van der Waals surface area (Å²) in [5, 5.41) is 9.12. The number of aryl methyl sites for hydroxylation is 1. The number of aliphatic hydroxyl groups excluding tert-OH is 1. The average Bonchev–Trinajstić information content (AvgIpc) is 2.59. The number of halogens is 3. The van der Waals surface area contributed by atoms with Crippen LogP contribution in [0.2, 0.25) is 0 Å². The van der Waals surface area contributed by atoms with Crippen LogP contribution in [0.25, 0.3) is 0 Å². The normalized spacial score (nSPS) is 21.5. The number of aliphatic hydroxyl groups is 1. The first kappa shape index (κ1) is 18.3. The molecule has 0 aliphatic carbocycles. The molecule has 1 aromatic rings. The Labute approximate surface area is 134 Å². The third-order valence-electron chi connectivity index (χ3n) is 4.79. The summed E-state index contributed by atoms with van der Waals surface area (Å²) in [6.45, 7) is 8.36. The smallest absolute Gasteiger partial charge is 0.399 e. The standard InChI is InChI=1S/C16H22BF3O3/c1-10-6-7-11(12(9-21)16(18,19)20)8-13(10)17-22-14(2,3)15(4,5)23-17/h6-8,12,21H,9H2,1-5H3. The van der Waals surface area contributed by atoms with Crippen LogP contribution in [0.15, 0.2) is 18.2 Å². The van der Waals surface area contributed by atoms with Gasteiger partial charge in [-0.15, -0.1) is 0 Å². The fourth-order valence-corrected chi connectivity index (χ4v) is 2.50. The molecule has 0 radical (unpaired) electrons. The maximum Gasteiger partial charge on any atom is 0.495 e. The predicted molar refractivity (Wildman–Crippen MR) is 82.8 cm³/mol. The summed E-state index contributed by atoms with van der Waals surface area (Å²) in [6, 6.07) is 4.41. The third kappa shape index (κ3) is 3.41. The largest absolute Gasteiger partial charge is 0.495 e. The third-order valence-corrected chi connectivity index (χ3v) is 4.79. The van der Waals surface area contributed by atoms with Crippen LogP contribution < -0.4 is 5.46 Å². The number of hydrogen-bond acceptors (Lipinski definition) is 3. The van der Waals surface area contributed by atoms with Crippen molar-refractivity contribution in [2.24, 2.45) is 0 Å². The zero-order chi connectivity index (χ0) is 17.6. The van der Waals surface area contributed by atoms with Crippen LogP contribution in [0.4, 0.5) is 13.2 Å². The lowest BCUT2D eigenvalue weighted by Crippen LogP contribution is -2.41. The van der Waals surface area contributed by atoms with E-state index in [9.17, 15) is 13.2 Å². The van der Waals surface area contributed by atoms with E-state index in [1.165, 1.54) is 12.1 Å². The van der Waals surface area contributed by atoms with Crippen molar-refractivity contribution in [1.82, 2.24) is 0 Å². The van der Waals surface area contributed by atoms with E-state index in [0.29, 0.717) is 5.46 Å². The van der Waals surface area contributed by atoms with Crippen molar-refractivity contribution in [3.05, 3.63) is 29.3 Å². The molecular weight excluding hydrogens is 308 g/mol. The molecule has 0 saturated carbocycles. The Balaban J connectivity index is 2.40. The van der Waals surface area contributed by atoms with Crippen molar-refractivity contribution in [1.29, 1.82) is 0 Å². The molecule has 1 aromatic carbocycles. The van der Waals surface area contributed by atoms with Gasteiger partial charge < -0.3 is 14.4 Å². The van der Waals surface area contributed by atoms with Gasteiger partial charge in [-0.05, 0) is 45.6 Å². The minimum atomic E-state index is -4.50. The molecule has 0 spiro atoms. The topological polar surface area (TPSA) is 38.7 Å². The molecule has 2 rings (SSSR count). The van der Waals surface area contributed by atoms with E-state index in [1.807, 2.05) is 27.7 Å². The molecule has 1 heterocycles. The highest BCUT2D eigenvalue weighted by atomic mass is 19.4. The Bertz CT molecular complexity index is 568. The average molecular weight is 330 g/mol. The van der Waals surface area contributed by atoms with Crippen LogP contribution in [0.1, 0.15) is 44.7 Å². The molecular formula is C16H22BF3O3. The van der Waals surface area contributed by atoms with Gasteiger partial charge in [-0.1, -0.05) is 23.8 Å². The van der Waals surface area contributed by atoms with Crippen LogP contribution >= 0.6 is 0 Å². The van der Waals surface area contributed by atoms with Gasteiger partial charge >= 0.3 is 13.3 Å². The van der Waals surface area contributed by atoms with Crippen molar-refractivity contribution in [2.45, 2.75) is 57.9 Å². The summed E-state index contributed by atoms with van der Waals surface area (Å²) >= 11 is 0. The molecule has 128 valence electrons. The molecule has 0 bridgehead atoms. The lowest BCUT2D eigenvalue weighted by Gasteiger charge is -2.32. The Kier molecular flexibility index (Phi) is 4.61. The van der Waals surface area contributed by atoms with Crippen molar-refractivity contribution < 1.29 is 27.6 Å². The number of benzene rings is 1. The molecule has 1 aliphatic heterocycles. The van der Waals surface area contributed by atoms with Crippen molar-refractivity contribution >= 4 is 12.6 Å². The fraction of sp³-hybridized carbons (Fsp3) is 0.625. The highest BCUT2D eigenvalue weighted by molar-refractivity contribution is 6.62. The first-order valence-corrected chi connectivity index (χ1v) is 7.53. The Morgan fingerprint density at radius 3 is 2.09 bits per heavy atom. The first-order chi connectivity index (χ1) is 10.4. The van der Waals surface area contributed by atoms with E-state index in [-0.39, 0.29) is 5.56 Å². The first-order valence-electron chi connectivity index (χ1n) is 7.53. The van der Waals surface area contributed by atoms with Crippen molar-refractivity contribution in [3.8, 4) is 0 Å². The highest BCUT2D eigenvalue weighted by Crippen LogP contribution is 2.38. The summed E-state index contributed by atoms with van der Waals surface area (Å²) in [4.78, 5) is 0. The minimum absolute atomic E-state index is 0.00955. The number of hydrogen-bond donors (Lipinski definition) is 1. The quantitative estimate of drug-likeness (QED) is 0.866. The lowest BCUT2D eigenvalue weighted by atomic mass is 9.74. The molecule has 1 aliphatic rings. The Morgan fingerprint density at radius 1 is 1.13 bits per heavy atom. The summed E-state index contributed by atoms with van der Waals surface area (Å²) < 4.78 is 51.0. The van der Waals surface area contributed by atoms with Gasteiger partial charge in [-0.25, -0.2) is 0 Å². The van der Waals surface area contributed by atoms with E-state index in [2.05, 4.69) is 0 Å². The summed E-state index contributed by atoms with van der Waals surface area (Å²) in [5.41, 5.74) is 0.214. The zero-order valence-corrected chi connectivity index (χ0v) is 14.0. The van der Waals surface area contributed by atoms with Gasteiger partial charge in [0, 0.05) is 0 Å². The molecule has 0 amide bonds. The highest BCUT2D eigenvalue weighted by Gasteiger charge is 2.52. The van der Waals surface area contributed by atoms with E-state index < -0.39 is 37.0 Å². The van der Waals surface area contributed by atoms with Gasteiger partial charge in [0.25, 0.3) is 0 Å². The van der Waals surface area contributed by atoms with E-state index in [4.69, 9.17) is 14.4 Å². The van der Waals surface area contributed by atoms with Gasteiger partial charge in [-0.3, -0.25) is 0 Å². The maximum atomic E-state index is 13.0. The molecule has 3 nitrogen and oxygen atoms in total. The molecule has 1 unspecified atom stereocenters. The lowest BCUT2D eigenvalue weighted by molar-refractivity contribution is -0.158. The summed E-state index contributed by atoms with van der Waals surface area (Å²) in [5.74, 6) is -1.91. The monoisotopic (exact) mass is 330 g/mol. The van der Waals surface area contributed by atoms with E-state index in [1.54, 1.807) is 13.0 Å². The van der Waals surface area contributed by atoms with Crippen LogP contribution in [-0.2, 0) is 9.31 Å². The van der Waals surface area contributed by atoms with E-state index >= 15 is 0 Å². The molecule has 23 heavy (non-hydrogen) atoms. The van der Waals surface area contributed by atoms with E-state index in [0.717, 1.165) is 5.56 Å². The number of rotatable bonds is 3. The fourth-order valence-electron chi connectivity index (χ4n) is 2.50. The van der Waals surface area contributed by atoms with Crippen molar-refractivity contribution in [2.75, 3.05) is 6.61 Å². The molecule has 1 atom stereocenters. The molecule has 1 N–H and O–H groups in total. The Morgan fingerprint density at radius 2 is 1.65 bits per heavy atom. The molecule has 1 fully saturated rings. The van der Waals surface area contributed by atoms with Crippen LogP contribution in [0.5, 0.6) is 0 Å². The van der Waals surface area contributed by atoms with Gasteiger partial charge in [0.1, 0.15) is 5.92 Å². The van der Waals surface area contributed by atoms with Gasteiger partial charge in [0.2, 0.25) is 0 Å². The van der Waals surface area contributed by atoms with Gasteiger partial charge in [0.05, 0.1) is 17.8 Å².